The molecule has 11 heavy (non-hydrogen) atoms. The molecule has 1 aliphatic heterocycles. The van der Waals surface area contributed by atoms with Crippen molar-refractivity contribution >= 4 is 9.84 Å². The van der Waals surface area contributed by atoms with Crippen LogP contribution in [-0.2, 0) is 9.84 Å². The molecule has 0 spiro atoms. The largest absolute Gasteiger partial charge is 0.219 e. The van der Waals surface area contributed by atoms with Crippen LogP contribution in [0.5, 0.6) is 0 Å². The van der Waals surface area contributed by atoms with Gasteiger partial charge >= 0.3 is 0 Å². The van der Waals surface area contributed by atoms with Crippen molar-refractivity contribution in [1.29, 1.82) is 0 Å². The third-order valence-electron chi connectivity index (χ3n) is 2.16. The Kier molecular flexibility index (Phi) is 1.27. The molecule has 0 saturated heterocycles. The maximum Gasteiger partial charge on any atom is 0.196 e. The first kappa shape index (κ1) is 7.10. The summed E-state index contributed by atoms with van der Waals surface area (Å²) in [6, 6.07) is 0. The van der Waals surface area contributed by atoms with Gasteiger partial charge in [-0.2, -0.15) is 0 Å². The van der Waals surface area contributed by atoms with E-state index in [4.69, 9.17) is 0 Å². The standard InChI is InChI=1S/C8H10O2S/c1-6-4-8(7-2-3-7)5-11(6,9)10/h4-5,7H,2-3H2,1H3. The molecule has 2 aliphatic rings. The monoisotopic (exact) mass is 170 g/mol. The van der Waals surface area contributed by atoms with Crippen molar-refractivity contribution in [2.24, 2.45) is 5.92 Å². The summed E-state index contributed by atoms with van der Waals surface area (Å²) >= 11 is 0. The van der Waals surface area contributed by atoms with Gasteiger partial charge in [0.05, 0.1) is 0 Å². The van der Waals surface area contributed by atoms with Gasteiger partial charge in [-0.1, -0.05) is 0 Å². The summed E-state index contributed by atoms with van der Waals surface area (Å²) in [4.78, 5) is 0.499. The molecular weight excluding hydrogens is 160 g/mol. The Balaban J connectivity index is 2.41. The van der Waals surface area contributed by atoms with Gasteiger partial charge in [-0.15, -0.1) is 0 Å². The summed E-state index contributed by atoms with van der Waals surface area (Å²) in [5, 5.41) is 1.42. The smallest absolute Gasteiger partial charge is 0.196 e. The van der Waals surface area contributed by atoms with Crippen LogP contribution < -0.4 is 0 Å². The van der Waals surface area contributed by atoms with Crippen molar-refractivity contribution < 1.29 is 8.42 Å². The number of sulfone groups is 1. The summed E-state index contributed by atoms with van der Waals surface area (Å²) in [5.74, 6) is 0.544. The Hall–Kier alpha value is -0.570. The second-order valence-corrected chi connectivity index (χ2v) is 5.16. The van der Waals surface area contributed by atoms with Gasteiger partial charge in [0.25, 0.3) is 0 Å². The van der Waals surface area contributed by atoms with E-state index in [1.165, 1.54) is 5.41 Å². The highest BCUT2D eigenvalue weighted by molar-refractivity contribution is 7.98. The van der Waals surface area contributed by atoms with Crippen molar-refractivity contribution in [2.75, 3.05) is 0 Å². The van der Waals surface area contributed by atoms with E-state index in [9.17, 15) is 8.42 Å². The lowest BCUT2D eigenvalue weighted by Crippen LogP contribution is -1.90. The summed E-state index contributed by atoms with van der Waals surface area (Å²) in [6.45, 7) is 1.65. The van der Waals surface area contributed by atoms with Crippen LogP contribution in [-0.4, -0.2) is 8.42 Å². The van der Waals surface area contributed by atoms with Gasteiger partial charge in [-0.25, -0.2) is 8.42 Å². The third kappa shape index (κ3) is 1.13. The number of rotatable bonds is 1. The number of hydrogen-bond acceptors (Lipinski definition) is 2. The van der Waals surface area contributed by atoms with Crippen LogP contribution in [0.1, 0.15) is 19.8 Å². The molecule has 0 aromatic rings. The van der Waals surface area contributed by atoms with Crippen LogP contribution in [0.4, 0.5) is 0 Å². The second-order valence-electron chi connectivity index (χ2n) is 3.19. The first-order valence-electron chi connectivity index (χ1n) is 3.74. The summed E-state index contributed by atoms with van der Waals surface area (Å²) in [6.07, 6.45) is 4.11. The van der Waals surface area contributed by atoms with Crippen molar-refractivity contribution in [3.63, 3.8) is 0 Å². The van der Waals surface area contributed by atoms with Gasteiger partial charge < -0.3 is 0 Å². The molecule has 1 heterocycles. The fourth-order valence-corrected chi connectivity index (χ4v) is 2.36. The Bertz CT molecular complexity index is 342. The van der Waals surface area contributed by atoms with Crippen molar-refractivity contribution in [2.45, 2.75) is 19.8 Å². The van der Waals surface area contributed by atoms with Gasteiger partial charge in [0, 0.05) is 10.3 Å². The van der Waals surface area contributed by atoms with Gasteiger partial charge in [-0.05, 0) is 37.3 Å². The highest BCUT2D eigenvalue weighted by atomic mass is 32.2. The molecule has 1 aliphatic carbocycles. The predicted molar refractivity (Wildman–Crippen MR) is 43.5 cm³/mol. The topological polar surface area (TPSA) is 34.1 Å². The summed E-state index contributed by atoms with van der Waals surface area (Å²) in [7, 11) is -2.98. The first-order valence-corrected chi connectivity index (χ1v) is 5.29. The maximum absolute atomic E-state index is 11.2. The van der Waals surface area contributed by atoms with E-state index in [-0.39, 0.29) is 0 Å². The Morgan fingerprint density at radius 2 is 2.09 bits per heavy atom. The fourth-order valence-electron chi connectivity index (χ4n) is 1.25. The first-order chi connectivity index (χ1) is 5.09. The van der Waals surface area contributed by atoms with Crippen LogP contribution in [0.25, 0.3) is 0 Å². The minimum Gasteiger partial charge on any atom is -0.219 e. The van der Waals surface area contributed by atoms with E-state index >= 15 is 0 Å². The molecule has 0 N–H and O–H groups in total. The van der Waals surface area contributed by atoms with Crippen molar-refractivity contribution in [3.8, 4) is 0 Å². The molecule has 1 fully saturated rings. The van der Waals surface area contributed by atoms with Crippen LogP contribution >= 0.6 is 0 Å². The van der Waals surface area contributed by atoms with Crippen LogP contribution in [0, 0.1) is 5.92 Å². The molecule has 0 aromatic carbocycles. The molecule has 2 nitrogen and oxygen atoms in total. The molecule has 0 unspecified atom stereocenters. The lowest BCUT2D eigenvalue weighted by Gasteiger charge is -1.87. The summed E-state index contributed by atoms with van der Waals surface area (Å²) in [5.41, 5.74) is 1.02. The minimum atomic E-state index is -2.98. The zero-order chi connectivity index (χ0) is 8.06. The molecule has 0 aromatic heterocycles. The molecule has 60 valence electrons. The summed E-state index contributed by atoms with van der Waals surface area (Å²) < 4.78 is 22.3. The molecule has 1 saturated carbocycles. The van der Waals surface area contributed by atoms with Crippen LogP contribution in [0.2, 0.25) is 0 Å². The minimum absolute atomic E-state index is 0.499. The van der Waals surface area contributed by atoms with Crippen LogP contribution in [0.3, 0.4) is 0 Å². The highest BCUT2D eigenvalue weighted by Crippen LogP contribution is 2.41. The van der Waals surface area contributed by atoms with E-state index in [2.05, 4.69) is 0 Å². The zero-order valence-electron chi connectivity index (χ0n) is 6.37. The lowest BCUT2D eigenvalue weighted by atomic mass is 10.2. The van der Waals surface area contributed by atoms with Gasteiger partial charge in [0.1, 0.15) is 0 Å². The molecule has 0 radical (unpaired) electrons. The molecular formula is C8H10O2S. The van der Waals surface area contributed by atoms with E-state index in [1.54, 1.807) is 13.0 Å². The zero-order valence-corrected chi connectivity index (χ0v) is 7.19. The molecule has 0 bridgehead atoms. The third-order valence-corrected chi connectivity index (χ3v) is 3.76. The maximum atomic E-state index is 11.2. The van der Waals surface area contributed by atoms with Crippen molar-refractivity contribution in [1.82, 2.24) is 0 Å². The van der Waals surface area contributed by atoms with Crippen molar-refractivity contribution in [3.05, 3.63) is 22.0 Å². The second kappa shape index (κ2) is 1.97. The quantitative estimate of drug-likeness (QED) is 0.599. The predicted octanol–water partition coefficient (Wildman–Crippen LogP) is 1.61. The molecule has 3 heteroatoms. The Morgan fingerprint density at radius 1 is 1.45 bits per heavy atom. The number of allylic oxidation sites excluding steroid dienone is 3. The lowest BCUT2D eigenvalue weighted by molar-refractivity contribution is 0.610. The SMILES string of the molecule is CC1=CC(C2CC2)=CS1(=O)=O. The van der Waals surface area contributed by atoms with Crippen LogP contribution in [0.15, 0.2) is 22.0 Å². The van der Waals surface area contributed by atoms with E-state index in [0.717, 1.165) is 18.4 Å². The van der Waals surface area contributed by atoms with E-state index in [1.807, 2.05) is 0 Å². The highest BCUT2D eigenvalue weighted by Gasteiger charge is 2.30. The van der Waals surface area contributed by atoms with Gasteiger partial charge in [0.15, 0.2) is 9.84 Å². The van der Waals surface area contributed by atoms with E-state index in [0.29, 0.717) is 10.8 Å². The average Bonchev–Trinajstić information content (AvgIpc) is 2.63. The average molecular weight is 170 g/mol. The molecule has 0 atom stereocenters. The molecule has 2 rings (SSSR count). The molecule has 0 amide bonds. The van der Waals surface area contributed by atoms with E-state index < -0.39 is 9.84 Å². The Labute approximate surface area is 66.5 Å². The fraction of sp³-hybridized carbons (Fsp3) is 0.500. The normalized spacial score (nSPS) is 28.1. The van der Waals surface area contributed by atoms with Gasteiger partial charge in [-0.3, -0.25) is 0 Å². The number of hydrogen-bond donors (Lipinski definition) is 0. The van der Waals surface area contributed by atoms with Gasteiger partial charge in [0.2, 0.25) is 0 Å². The Morgan fingerprint density at radius 3 is 2.45 bits per heavy atom.